The summed E-state index contributed by atoms with van der Waals surface area (Å²) in [6.45, 7) is 1.36. The third-order valence-electron chi connectivity index (χ3n) is 3.79. The van der Waals surface area contributed by atoms with Crippen LogP contribution in [0.1, 0.15) is 25.7 Å². The third-order valence-corrected chi connectivity index (χ3v) is 3.79. The molecule has 0 saturated heterocycles. The molecule has 80 valence electrons. The van der Waals surface area contributed by atoms with Gasteiger partial charge in [0.2, 0.25) is 0 Å². The first-order valence-electron chi connectivity index (χ1n) is 5.57. The number of nitrogens with one attached hydrogen (secondary N) is 1. The molecule has 2 aliphatic carbocycles. The zero-order valence-electron chi connectivity index (χ0n) is 8.79. The van der Waals surface area contributed by atoms with Crippen LogP contribution >= 0.6 is 0 Å². The van der Waals surface area contributed by atoms with Gasteiger partial charge in [-0.15, -0.1) is 0 Å². The topological polar surface area (TPSA) is 38.3 Å². The average Bonchev–Trinajstić information content (AvgIpc) is 2.79. The molecule has 1 N–H and O–H groups in total. The van der Waals surface area contributed by atoms with Crippen LogP contribution < -0.4 is 5.32 Å². The van der Waals surface area contributed by atoms with E-state index in [1.807, 2.05) is 0 Å². The fraction of sp³-hybridized carbons (Fsp3) is 0.909. The lowest BCUT2D eigenvalue weighted by Gasteiger charge is -2.21. The number of methoxy groups -OCH3 is 1. The van der Waals surface area contributed by atoms with Gasteiger partial charge in [0.15, 0.2) is 0 Å². The van der Waals surface area contributed by atoms with Crippen LogP contribution in [0.3, 0.4) is 0 Å². The van der Waals surface area contributed by atoms with E-state index in [1.54, 1.807) is 0 Å². The maximum absolute atomic E-state index is 10.9. The van der Waals surface area contributed by atoms with E-state index in [1.165, 1.54) is 32.8 Å². The summed E-state index contributed by atoms with van der Waals surface area (Å²) in [5, 5.41) is 3.19. The molecule has 3 unspecified atom stereocenters. The number of hydrogen-bond acceptors (Lipinski definition) is 3. The Bertz CT molecular complexity index is 217. The molecular weight excluding hydrogens is 178 g/mol. The van der Waals surface area contributed by atoms with Crippen molar-refractivity contribution in [1.82, 2.24) is 5.32 Å². The van der Waals surface area contributed by atoms with Gasteiger partial charge in [-0.25, -0.2) is 0 Å². The SMILES string of the molecule is COC(=O)CNCC1CC2CCC1C2. The smallest absolute Gasteiger partial charge is 0.319 e. The quantitative estimate of drug-likeness (QED) is 0.688. The molecule has 0 aromatic carbocycles. The highest BCUT2D eigenvalue weighted by atomic mass is 16.5. The fourth-order valence-corrected chi connectivity index (χ4v) is 3.06. The molecule has 0 radical (unpaired) electrons. The number of carbonyl (C=O) groups is 1. The summed E-state index contributed by atoms with van der Waals surface area (Å²) < 4.78 is 4.58. The highest BCUT2D eigenvalue weighted by molar-refractivity contribution is 5.71. The van der Waals surface area contributed by atoms with Crippen LogP contribution in [0.15, 0.2) is 0 Å². The highest BCUT2D eigenvalue weighted by Crippen LogP contribution is 2.47. The van der Waals surface area contributed by atoms with Crippen LogP contribution in [0.2, 0.25) is 0 Å². The Morgan fingerprint density at radius 2 is 2.29 bits per heavy atom. The van der Waals surface area contributed by atoms with E-state index < -0.39 is 0 Å². The van der Waals surface area contributed by atoms with Crippen LogP contribution in [-0.2, 0) is 9.53 Å². The van der Waals surface area contributed by atoms with Gasteiger partial charge in [-0.05, 0) is 43.6 Å². The van der Waals surface area contributed by atoms with Crippen molar-refractivity contribution in [2.45, 2.75) is 25.7 Å². The van der Waals surface area contributed by atoms with Gasteiger partial charge in [0.1, 0.15) is 0 Å². The van der Waals surface area contributed by atoms with Crippen molar-refractivity contribution in [3.63, 3.8) is 0 Å². The summed E-state index contributed by atoms with van der Waals surface area (Å²) in [4.78, 5) is 10.9. The van der Waals surface area contributed by atoms with E-state index in [9.17, 15) is 4.79 Å². The molecule has 0 aromatic heterocycles. The molecule has 2 aliphatic rings. The number of ether oxygens (including phenoxy) is 1. The predicted molar refractivity (Wildman–Crippen MR) is 53.8 cm³/mol. The van der Waals surface area contributed by atoms with Crippen molar-refractivity contribution in [1.29, 1.82) is 0 Å². The Balaban J connectivity index is 1.64. The summed E-state index contributed by atoms with van der Waals surface area (Å²) in [5.41, 5.74) is 0. The van der Waals surface area contributed by atoms with Crippen molar-refractivity contribution < 1.29 is 9.53 Å². The molecule has 2 rings (SSSR count). The van der Waals surface area contributed by atoms with E-state index in [0.717, 1.165) is 24.3 Å². The zero-order chi connectivity index (χ0) is 9.97. The van der Waals surface area contributed by atoms with E-state index in [-0.39, 0.29) is 5.97 Å². The molecule has 2 saturated carbocycles. The summed E-state index contributed by atoms with van der Waals surface area (Å²) >= 11 is 0. The maximum Gasteiger partial charge on any atom is 0.319 e. The Morgan fingerprint density at radius 3 is 2.86 bits per heavy atom. The lowest BCUT2D eigenvalue weighted by Crippen LogP contribution is -2.31. The maximum atomic E-state index is 10.9. The van der Waals surface area contributed by atoms with Crippen LogP contribution in [-0.4, -0.2) is 26.2 Å². The van der Waals surface area contributed by atoms with Gasteiger partial charge in [-0.1, -0.05) is 6.42 Å². The lowest BCUT2D eigenvalue weighted by molar-refractivity contribution is -0.139. The Labute approximate surface area is 85.2 Å². The Morgan fingerprint density at radius 1 is 1.43 bits per heavy atom. The normalized spacial score (nSPS) is 34.8. The minimum absolute atomic E-state index is 0.159. The molecule has 0 spiro atoms. The lowest BCUT2D eigenvalue weighted by atomic mass is 9.89. The second-order valence-corrected chi connectivity index (χ2v) is 4.64. The number of fused-ring (bicyclic) bond motifs is 2. The number of hydrogen-bond donors (Lipinski definition) is 1. The van der Waals surface area contributed by atoms with Crippen molar-refractivity contribution in [2.24, 2.45) is 17.8 Å². The molecule has 3 atom stereocenters. The third kappa shape index (κ3) is 2.08. The summed E-state index contributed by atoms with van der Waals surface area (Å²) in [5.74, 6) is 2.58. The van der Waals surface area contributed by atoms with Crippen LogP contribution in [0.25, 0.3) is 0 Å². The number of esters is 1. The molecular formula is C11H19NO2. The monoisotopic (exact) mass is 197 g/mol. The molecule has 3 nitrogen and oxygen atoms in total. The van der Waals surface area contributed by atoms with Gasteiger partial charge in [-0.3, -0.25) is 4.79 Å². The standard InChI is InChI=1S/C11H19NO2/c1-14-11(13)7-12-6-10-5-8-2-3-9(10)4-8/h8-10,12H,2-7H2,1H3. The Hall–Kier alpha value is -0.570. The summed E-state index contributed by atoms with van der Waals surface area (Å²) in [6, 6.07) is 0. The van der Waals surface area contributed by atoms with Crippen molar-refractivity contribution in [3.8, 4) is 0 Å². The zero-order valence-corrected chi connectivity index (χ0v) is 8.79. The van der Waals surface area contributed by atoms with Gasteiger partial charge >= 0.3 is 5.97 Å². The molecule has 0 amide bonds. The molecule has 0 aromatic rings. The fourth-order valence-electron chi connectivity index (χ4n) is 3.06. The first kappa shape index (κ1) is 9.97. The van der Waals surface area contributed by atoms with E-state index >= 15 is 0 Å². The van der Waals surface area contributed by atoms with Crippen LogP contribution in [0.5, 0.6) is 0 Å². The molecule has 14 heavy (non-hydrogen) atoms. The van der Waals surface area contributed by atoms with E-state index in [0.29, 0.717) is 6.54 Å². The second kappa shape index (κ2) is 4.30. The molecule has 2 fully saturated rings. The van der Waals surface area contributed by atoms with Crippen molar-refractivity contribution in [3.05, 3.63) is 0 Å². The van der Waals surface area contributed by atoms with Crippen molar-refractivity contribution >= 4 is 5.97 Å². The molecule has 0 heterocycles. The van der Waals surface area contributed by atoms with Gasteiger partial charge in [0.05, 0.1) is 13.7 Å². The summed E-state index contributed by atoms with van der Waals surface area (Å²) in [7, 11) is 1.43. The minimum Gasteiger partial charge on any atom is -0.468 e. The molecule has 3 heteroatoms. The molecule has 0 aliphatic heterocycles. The summed E-state index contributed by atoms with van der Waals surface area (Å²) in [6.07, 6.45) is 5.66. The predicted octanol–water partition coefficient (Wildman–Crippen LogP) is 1.19. The van der Waals surface area contributed by atoms with E-state index in [4.69, 9.17) is 0 Å². The second-order valence-electron chi connectivity index (χ2n) is 4.64. The largest absolute Gasteiger partial charge is 0.468 e. The van der Waals surface area contributed by atoms with Crippen LogP contribution in [0.4, 0.5) is 0 Å². The van der Waals surface area contributed by atoms with Crippen LogP contribution in [0, 0.1) is 17.8 Å². The van der Waals surface area contributed by atoms with Gasteiger partial charge < -0.3 is 10.1 Å². The number of rotatable bonds is 4. The highest BCUT2D eigenvalue weighted by Gasteiger charge is 2.38. The first-order valence-corrected chi connectivity index (χ1v) is 5.57. The minimum atomic E-state index is -0.159. The van der Waals surface area contributed by atoms with E-state index in [2.05, 4.69) is 10.1 Å². The molecule has 2 bridgehead atoms. The first-order chi connectivity index (χ1) is 6.79. The number of carbonyl (C=O) groups excluding carboxylic acids is 1. The van der Waals surface area contributed by atoms with Gasteiger partial charge in [0.25, 0.3) is 0 Å². The average molecular weight is 197 g/mol. The Kier molecular flexibility index (Phi) is 3.06. The van der Waals surface area contributed by atoms with Gasteiger partial charge in [0, 0.05) is 0 Å². The van der Waals surface area contributed by atoms with Crippen molar-refractivity contribution in [2.75, 3.05) is 20.2 Å². The van der Waals surface area contributed by atoms with Gasteiger partial charge in [-0.2, -0.15) is 0 Å².